The summed E-state index contributed by atoms with van der Waals surface area (Å²) in [7, 11) is 0. The van der Waals surface area contributed by atoms with Crippen LogP contribution in [0.5, 0.6) is 0 Å². The molecule has 0 radical (unpaired) electrons. The van der Waals surface area contributed by atoms with E-state index >= 15 is 0 Å². The molecule has 0 fully saturated rings. The van der Waals surface area contributed by atoms with Crippen molar-refractivity contribution in [3.05, 3.63) is 47.9 Å². The van der Waals surface area contributed by atoms with Gasteiger partial charge in [-0.2, -0.15) is 18.3 Å². The van der Waals surface area contributed by atoms with E-state index in [0.29, 0.717) is 11.3 Å². The van der Waals surface area contributed by atoms with Crippen molar-refractivity contribution in [3.63, 3.8) is 0 Å². The normalized spacial score (nSPS) is 22.2. The molecule has 3 heterocycles. The fourth-order valence-electron chi connectivity index (χ4n) is 3.27. The average Bonchev–Trinajstić information content (AvgIpc) is 3.29. The summed E-state index contributed by atoms with van der Waals surface area (Å²) in [6.07, 6.45) is -4.30. The highest BCUT2D eigenvalue weighted by molar-refractivity contribution is 6.06. The van der Waals surface area contributed by atoms with Gasteiger partial charge in [-0.25, -0.2) is 9.07 Å². The van der Waals surface area contributed by atoms with Gasteiger partial charge in [-0.3, -0.25) is 9.69 Å². The summed E-state index contributed by atoms with van der Waals surface area (Å²) in [5.74, 6) is -0.808. The van der Waals surface area contributed by atoms with Crippen LogP contribution in [0.3, 0.4) is 0 Å². The smallest absolute Gasteiger partial charge is 0.382 e. The maximum Gasteiger partial charge on any atom is 0.410 e. The number of anilines is 1. The van der Waals surface area contributed by atoms with Crippen LogP contribution >= 0.6 is 0 Å². The van der Waals surface area contributed by atoms with Crippen LogP contribution in [-0.2, 0) is 9.63 Å². The van der Waals surface area contributed by atoms with Crippen LogP contribution in [0.1, 0.15) is 24.4 Å². The lowest BCUT2D eigenvalue weighted by Crippen LogP contribution is -2.46. The van der Waals surface area contributed by atoms with Crippen molar-refractivity contribution in [3.8, 4) is 0 Å². The van der Waals surface area contributed by atoms with E-state index < -0.39 is 30.0 Å². The fourth-order valence-corrected chi connectivity index (χ4v) is 3.27. The Morgan fingerprint density at radius 3 is 2.63 bits per heavy atom. The van der Waals surface area contributed by atoms with Crippen LogP contribution in [0.15, 0.2) is 41.7 Å². The van der Waals surface area contributed by atoms with Crippen LogP contribution in [0.2, 0.25) is 0 Å². The van der Waals surface area contributed by atoms with Crippen molar-refractivity contribution in [2.24, 2.45) is 5.16 Å². The first-order valence-electron chi connectivity index (χ1n) is 8.25. The summed E-state index contributed by atoms with van der Waals surface area (Å²) in [5.41, 5.74) is 1.10. The molecule has 10 heteroatoms. The number of nitrogens with zero attached hydrogens (tertiary/aromatic N) is 4. The second-order valence-corrected chi connectivity index (χ2v) is 6.31. The minimum absolute atomic E-state index is 0.0763. The monoisotopic (exact) mass is 382 g/mol. The first-order chi connectivity index (χ1) is 12.8. The highest BCUT2D eigenvalue weighted by Crippen LogP contribution is 2.39. The molecule has 2 aliphatic heterocycles. The lowest BCUT2D eigenvalue weighted by molar-refractivity contribution is -0.173. The molecule has 1 aromatic heterocycles. The number of carbonyl (C=O) groups is 1. The number of hydrogen-bond donors (Lipinski definition) is 0. The summed E-state index contributed by atoms with van der Waals surface area (Å²) >= 11 is 0. The number of oxime groups is 1. The van der Waals surface area contributed by atoms with Gasteiger partial charge in [-0.1, -0.05) is 17.3 Å². The molecule has 0 N–H and O–H groups in total. The third-order valence-corrected chi connectivity index (χ3v) is 4.61. The molecular weight excluding hydrogens is 368 g/mol. The largest absolute Gasteiger partial charge is 0.410 e. The Kier molecular flexibility index (Phi) is 4.12. The predicted octanol–water partition coefficient (Wildman–Crippen LogP) is 3.06. The molecule has 0 saturated heterocycles. The molecule has 2 aliphatic rings. The molecule has 0 saturated carbocycles. The highest BCUT2D eigenvalue weighted by Gasteiger charge is 2.47. The average molecular weight is 382 g/mol. The molecule has 0 bridgehead atoms. The Balaban J connectivity index is 1.50. The number of alkyl halides is 3. The summed E-state index contributed by atoms with van der Waals surface area (Å²) in [4.78, 5) is 19.2. The van der Waals surface area contributed by atoms with Crippen molar-refractivity contribution < 1.29 is 27.2 Å². The van der Waals surface area contributed by atoms with Gasteiger partial charge in [0.1, 0.15) is 11.6 Å². The van der Waals surface area contributed by atoms with Crippen molar-refractivity contribution >= 4 is 17.4 Å². The molecule has 2 atom stereocenters. The number of hydrogen-bond acceptors (Lipinski definition) is 4. The standard InChI is InChI=1S/C17H14F4N4O2/c18-11-3-1-10(2-4-11)12-9-13(27-23-12)16(26)24-8-6-14(17(19,20)21)25-15(24)5-7-22-25/h1-5,7,13-14H,6,8-9H2/t13-,14-/m1/s1. The zero-order chi connectivity index (χ0) is 19.2. The second kappa shape index (κ2) is 6.36. The van der Waals surface area contributed by atoms with E-state index in [2.05, 4.69) is 10.3 Å². The van der Waals surface area contributed by atoms with Crippen LogP contribution < -0.4 is 4.90 Å². The molecular formula is C17H14F4N4O2. The zero-order valence-corrected chi connectivity index (χ0v) is 13.9. The van der Waals surface area contributed by atoms with Crippen LogP contribution in [0, 0.1) is 5.82 Å². The van der Waals surface area contributed by atoms with E-state index in [1.807, 2.05) is 0 Å². The van der Waals surface area contributed by atoms with E-state index in [0.717, 1.165) is 4.68 Å². The maximum absolute atomic E-state index is 13.2. The van der Waals surface area contributed by atoms with Gasteiger partial charge in [0.15, 0.2) is 6.04 Å². The lowest BCUT2D eigenvalue weighted by atomic mass is 10.0. The lowest BCUT2D eigenvalue weighted by Gasteiger charge is -2.34. The van der Waals surface area contributed by atoms with Gasteiger partial charge in [0, 0.05) is 19.0 Å². The van der Waals surface area contributed by atoms with E-state index in [4.69, 9.17) is 4.84 Å². The Hall–Kier alpha value is -2.91. The number of fused-ring (bicyclic) bond motifs is 1. The van der Waals surface area contributed by atoms with Gasteiger partial charge in [-0.05, 0) is 24.1 Å². The number of benzene rings is 1. The third-order valence-electron chi connectivity index (χ3n) is 4.61. The summed E-state index contributed by atoms with van der Waals surface area (Å²) in [6.45, 7) is -0.0968. The van der Waals surface area contributed by atoms with Crippen molar-refractivity contribution in [1.82, 2.24) is 9.78 Å². The quantitative estimate of drug-likeness (QED) is 0.750. The number of amides is 1. The summed E-state index contributed by atoms with van der Waals surface area (Å²) in [6, 6.07) is 5.19. The molecule has 0 aliphatic carbocycles. The van der Waals surface area contributed by atoms with Gasteiger partial charge in [0.2, 0.25) is 6.10 Å². The fraction of sp³-hybridized carbons (Fsp3) is 0.353. The van der Waals surface area contributed by atoms with Crippen LogP contribution in [0.4, 0.5) is 23.4 Å². The Morgan fingerprint density at radius 1 is 1.19 bits per heavy atom. The minimum atomic E-state index is -4.45. The Labute approximate surface area is 151 Å². The predicted molar refractivity (Wildman–Crippen MR) is 86.7 cm³/mol. The van der Waals surface area contributed by atoms with Gasteiger partial charge < -0.3 is 4.84 Å². The van der Waals surface area contributed by atoms with Crippen molar-refractivity contribution in [1.29, 1.82) is 0 Å². The topological polar surface area (TPSA) is 59.7 Å². The molecule has 0 unspecified atom stereocenters. The van der Waals surface area contributed by atoms with E-state index in [-0.39, 0.29) is 25.2 Å². The molecule has 27 heavy (non-hydrogen) atoms. The van der Waals surface area contributed by atoms with Gasteiger partial charge in [0.25, 0.3) is 5.91 Å². The molecule has 0 spiro atoms. The Morgan fingerprint density at radius 2 is 1.93 bits per heavy atom. The number of rotatable bonds is 2. The SMILES string of the molecule is O=C([C@H]1CC(c2ccc(F)cc2)=NO1)N1CC[C@H](C(F)(F)F)n2nccc21. The number of halogens is 4. The van der Waals surface area contributed by atoms with Crippen molar-refractivity contribution in [2.45, 2.75) is 31.2 Å². The minimum Gasteiger partial charge on any atom is -0.382 e. The van der Waals surface area contributed by atoms with Crippen LogP contribution in [-0.4, -0.2) is 40.2 Å². The van der Waals surface area contributed by atoms with Crippen LogP contribution in [0.25, 0.3) is 0 Å². The van der Waals surface area contributed by atoms with Gasteiger partial charge >= 0.3 is 6.18 Å². The molecule has 6 nitrogen and oxygen atoms in total. The molecule has 142 valence electrons. The third kappa shape index (κ3) is 3.15. The second-order valence-electron chi connectivity index (χ2n) is 6.31. The summed E-state index contributed by atoms with van der Waals surface area (Å²) < 4.78 is 53.3. The van der Waals surface area contributed by atoms with Gasteiger partial charge in [-0.15, -0.1) is 0 Å². The summed E-state index contributed by atoms with van der Waals surface area (Å²) in [5, 5.41) is 7.61. The van der Waals surface area contributed by atoms with E-state index in [1.54, 1.807) is 0 Å². The maximum atomic E-state index is 13.2. The van der Waals surface area contributed by atoms with Gasteiger partial charge in [0.05, 0.1) is 11.9 Å². The van der Waals surface area contributed by atoms with E-state index in [9.17, 15) is 22.4 Å². The molecule has 2 aromatic rings. The molecule has 1 amide bonds. The number of carbonyl (C=O) groups excluding carboxylic acids is 1. The first-order valence-corrected chi connectivity index (χ1v) is 8.25. The van der Waals surface area contributed by atoms with Crippen molar-refractivity contribution in [2.75, 3.05) is 11.4 Å². The molecule has 4 rings (SSSR count). The molecule has 1 aromatic carbocycles. The van der Waals surface area contributed by atoms with E-state index in [1.165, 1.54) is 41.4 Å². The zero-order valence-electron chi connectivity index (χ0n) is 13.9. The Bertz CT molecular complexity index is 891. The number of aromatic nitrogens is 2. The first kappa shape index (κ1) is 17.5. The highest BCUT2D eigenvalue weighted by atomic mass is 19.4.